The molecule has 2 heterocycles. The van der Waals surface area contributed by atoms with E-state index in [1.807, 2.05) is 17.9 Å². The molecule has 0 aliphatic carbocycles. The number of furan rings is 1. The minimum Gasteiger partial charge on any atom is -0.465 e. The van der Waals surface area contributed by atoms with Gasteiger partial charge in [0.25, 0.3) is 0 Å². The summed E-state index contributed by atoms with van der Waals surface area (Å²) in [6.07, 6.45) is 7.22. The van der Waals surface area contributed by atoms with E-state index in [0.717, 1.165) is 32.5 Å². The average Bonchev–Trinajstić information content (AvgIpc) is 3.04. The van der Waals surface area contributed by atoms with Crippen molar-refractivity contribution in [1.29, 1.82) is 0 Å². The summed E-state index contributed by atoms with van der Waals surface area (Å²) in [6.45, 7) is 4.06. The van der Waals surface area contributed by atoms with Gasteiger partial charge in [-0.05, 0) is 37.0 Å². The molecule has 1 aromatic rings. The zero-order valence-corrected chi connectivity index (χ0v) is 12.4. The van der Waals surface area contributed by atoms with Crippen LogP contribution in [0.25, 0.3) is 6.08 Å². The topological polar surface area (TPSA) is 62.6 Å². The van der Waals surface area contributed by atoms with E-state index in [1.54, 1.807) is 24.5 Å². The standard InChI is InChI=1S/C16H22N2O3/c1-2-15(19)17-12-13-7-9-18(10-8-13)16(20)6-5-14-4-3-11-21-14/h3-6,11,13H,2,7-10,12H2,1H3,(H,17,19)/b6-5+. The van der Waals surface area contributed by atoms with Crippen molar-refractivity contribution in [1.82, 2.24) is 10.2 Å². The van der Waals surface area contributed by atoms with Crippen molar-refractivity contribution in [2.45, 2.75) is 26.2 Å². The molecule has 5 heteroatoms. The zero-order valence-electron chi connectivity index (χ0n) is 12.4. The predicted octanol–water partition coefficient (Wildman–Crippen LogP) is 2.06. The molecule has 0 radical (unpaired) electrons. The molecule has 2 amide bonds. The second-order valence-corrected chi connectivity index (χ2v) is 5.28. The van der Waals surface area contributed by atoms with Crippen LogP contribution in [-0.4, -0.2) is 36.3 Å². The van der Waals surface area contributed by atoms with Crippen LogP contribution in [0.2, 0.25) is 0 Å². The summed E-state index contributed by atoms with van der Waals surface area (Å²) in [4.78, 5) is 25.1. The van der Waals surface area contributed by atoms with Gasteiger partial charge in [-0.3, -0.25) is 9.59 Å². The van der Waals surface area contributed by atoms with Crippen molar-refractivity contribution in [3.05, 3.63) is 30.2 Å². The molecule has 2 rings (SSSR count). The van der Waals surface area contributed by atoms with Gasteiger partial charge >= 0.3 is 0 Å². The monoisotopic (exact) mass is 290 g/mol. The molecule has 0 unspecified atom stereocenters. The van der Waals surface area contributed by atoms with Crippen molar-refractivity contribution >= 4 is 17.9 Å². The summed E-state index contributed by atoms with van der Waals surface area (Å²) >= 11 is 0. The Labute approximate surface area is 125 Å². The van der Waals surface area contributed by atoms with E-state index in [2.05, 4.69) is 5.32 Å². The van der Waals surface area contributed by atoms with Crippen LogP contribution in [0.1, 0.15) is 31.9 Å². The van der Waals surface area contributed by atoms with E-state index < -0.39 is 0 Å². The summed E-state index contributed by atoms with van der Waals surface area (Å²) in [5.74, 6) is 1.26. The van der Waals surface area contributed by atoms with Gasteiger partial charge in [0, 0.05) is 32.1 Å². The number of carbonyl (C=O) groups excluding carboxylic acids is 2. The first kappa shape index (κ1) is 15.4. The van der Waals surface area contributed by atoms with Gasteiger partial charge < -0.3 is 14.6 Å². The van der Waals surface area contributed by atoms with Gasteiger partial charge in [0.15, 0.2) is 0 Å². The van der Waals surface area contributed by atoms with E-state index in [0.29, 0.717) is 18.1 Å². The largest absolute Gasteiger partial charge is 0.465 e. The molecular weight excluding hydrogens is 268 g/mol. The Morgan fingerprint density at radius 2 is 2.19 bits per heavy atom. The molecule has 0 atom stereocenters. The minimum atomic E-state index is 0.0162. The van der Waals surface area contributed by atoms with Crippen LogP contribution in [-0.2, 0) is 9.59 Å². The summed E-state index contributed by atoms with van der Waals surface area (Å²) in [5.41, 5.74) is 0. The zero-order chi connectivity index (χ0) is 15.1. The van der Waals surface area contributed by atoms with E-state index in [-0.39, 0.29) is 11.8 Å². The highest BCUT2D eigenvalue weighted by Gasteiger charge is 2.21. The molecule has 1 aromatic heterocycles. The summed E-state index contributed by atoms with van der Waals surface area (Å²) in [5, 5.41) is 2.92. The van der Waals surface area contributed by atoms with Crippen LogP contribution >= 0.6 is 0 Å². The van der Waals surface area contributed by atoms with Crippen molar-refractivity contribution < 1.29 is 14.0 Å². The lowest BCUT2D eigenvalue weighted by atomic mass is 9.96. The Balaban J connectivity index is 1.73. The van der Waals surface area contributed by atoms with Gasteiger partial charge in [0.05, 0.1) is 6.26 Å². The van der Waals surface area contributed by atoms with Crippen LogP contribution < -0.4 is 5.32 Å². The number of rotatable bonds is 5. The molecule has 1 fully saturated rings. The molecule has 114 valence electrons. The fraction of sp³-hybridized carbons (Fsp3) is 0.500. The number of nitrogens with one attached hydrogen (secondary N) is 1. The quantitative estimate of drug-likeness (QED) is 0.844. The molecule has 21 heavy (non-hydrogen) atoms. The maximum absolute atomic E-state index is 12.0. The number of carbonyl (C=O) groups is 2. The van der Waals surface area contributed by atoms with Gasteiger partial charge in [-0.2, -0.15) is 0 Å². The van der Waals surface area contributed by atoms with Gasteiger partial charge in [0.2, 0.25) is 11.8 Å². The summed E-state index contributed by atoms with van der Waals surface area (Å²) in [6, 6.07) is 3.60. The first-order valence-corrected chi connectivity index (χ1v) is 7.46. The van der Waals surface area contributed by atoms with E-state index in [4.69, 9.17) is 4.42 Å². The smallest absolute Gasteiger partial charge is 0.246 e. The highest BCUT2D eigenvalue weighted by Crippen LogP contribution is 2.17. The lowest BCUT2D eigenvalue weighted by molar-refractivity contribution is -0.127. The first-order chi connectivity index (χ1) is 10.2. The first-order valence-electron chi connectivity index (χ1n) is 7.46. The van der Waals surface area contributed by atoms with Crippen molar-refractivity contribution in [3.8, 4) is 0 Å². The van der Waals surface area contributed by atoms with Crippen LogP contribution in [0.5, 0.6) is 0 Å². The van der Waals surface area contributed by atoms with Crippen LogP contribution in [0.15, 0.2) is 28.9 Å². The molecule has 0 spiro atoms. The summed E-state index contributed by atoms with van der Waals surface area (Å²) < 4.78 is 5.16. The Morgan fingerprint density at radius 3 is 2.81 bits per heavy atom. The summed E-state index contributed by atoms with van der Waals surface area (Å²) in [7, 11) is 0. The highest BCUT2D eigenvalue weighted by atomic mass is 16.3. The Bertz CT molecular complexity index is 486. The van der Waals surface area contributed by atoms with Crippen molar-refractivity contribution in [2.24, 2.45) is 5.92 Å². The Kier molecular flexibility index (Phi) is 5.60. The van der Waals surface area contributed by atoms with E-state index >= 15 is 0 Å². The number of hydrogen-bond donors (Lipinski definition) is 1. The third kappa shape index (κ3) is 4.77. The molecule has 0 saturated carbocycles. The second kappa shape index (κ2) is 7.67. The number of likely N-dealkylation sites (tertiary alicyclic amines) is 1. The van der Waals surface area contributed by atoms with E-state index in [9.17, 15) is 9.59 Å². The second-order valence-electron chi connectivity index (χ2n) is 5.28. The SMILES string of the molecule is CCC(=O)NCC1CCN(C(=O)/C=C/c2ccco2)CC1. The molecule has 1 aliphatic rings. The number of hydrogen-bond acceptors (Lipinski definition) is 3. The van der Waals surface area contributed by atoms with Crippen LogP contribution in [0.4, 0.5) is 0 Å². The van der Waals surface area contributed by atoms with Gasteiger partial charge in [-0.15, -0.1) is 0 Å². The molecule has 0 aromatic carbocycles. The third-order valence-corrected chi connectivity index (χ3v) is 3.77. The van der Waals surface area contributed by atoms with Crippen molar-refractivity contribution in [2.75, 3.05) is 19.6 Å². The molecule has 0 bridgehead atoms. The Morgan fingerprint density at radius 1 is 1.43 bits per heavy atom. The number of piperidine rings is 1. The lowest BCUT2D eigenvalue weighted by Crippen LogP contribution is -2.40. The molecule has 1 saturated heterocycles. The van der Waals surface area contributed by atoms with Gasteiger partial charge in [-0.25, -0.2) is 0 Å². The maximum atomic E-state index is 12.0. The third-order valence-electron chi connectivity index (χ3n) is 3.77. The van der Waals surface area contributed by atoms with Gasteiger partial charge in [0.1, 0.15) is 5.76 Å². The maximum Gasteiger partial charge on any atom is 0.246 e. The fourth-order valence-electron chi connectivity index (χ4n) is 2.39. The van der Waals surface area contributed by atoms with Crippen LogP contribution in [0, 0.1) is 5.92 Å². The molecule has 5 nitrogen and oxygen atoms in total. The fourth-order valence-corrected chi connectivity index (χ4v) is 2.39. The minimum absolute atomic E-state index is 0.0162. The lowest BCUT2D eigenvalue weighted by Gasteiger charge is -2.31. The normalized spacial score (nSPS) is 16.3. The molecule has 1 N–H and O–H groups in total. The molecule has 1 aliphatic heterocycles. The predicted molar refractivity (Wildman–Crippen MR) is 80.3 cm³/mol. The average molecular weight is 290 g/mol. The number of nitrogens with zero attached hydrogens (tertiary/aromatic N) is 1. The van der Waals surface area contributed by atoms with E-state index in [1.165, 1.54) is 0 Å². The number of amides is 2. The van der Waals surface area contributed by atoms with Crippen molar-refractivity contribution in [3.63, 3.8) is 0 Å². The molecular formula is C16H22N2O3. The van der Waals surface area contributed by atoms with Crippen LogP contribution in [0.3, 0.4) is 0 Å². The Hall–Kier alpha value is -2.04. The highest BCUT2D eigenvalue weighted by molar-refractivity contribution is 5.91. The van der Waals surface area contributed by atoms with Gasteiger partial charge in [-0.1, -0.05) is 6.92 Å².